The number of rotatable bonds is 9. The smallest absolute Gasteiger partial charge is 0.242 e. The van der Waals surface area contributed by atoms with Crippen molar-refractivity contribution in [2.45, 2.75) is 26.1 Å². The quantitative estimate of drug-likeness (QED) is 0.301. The summed E-state index contributed by atoms with van der Waals surface area (Å²) < 4.78 is 1.90. The molecule has 0 spiro atoms. The third kappa shape index (κ3) is 5.98. The van der Waals surface area contributed by atoms with E-state index in [4.69, 9.17) is 4.98 Å². The van der Waals surface area contributed by atoms with Gasteiger partial charge in [0.1, 0.15) is 12.4 Å². The zero-order chi connectivity index (χ0) is 26.3. The Bertz CT molecular complexity index is 1530. The number of carbonyl (C=O) groups is 2. The van der Waals surface area contributed by atoms with E-state index < -0.39 is 0 Å². The Morgan fingerprint density at radius 1 is 0.763 bits per heavy atom. The largest absolute Gasteiger partial charge is 0.349 e. The summed E-state index contributed by atoms with van der Waals surface area (Å²) in [6, 6.07) is 35.8. The minimum atomic E-state index is -0.0939. The van der Waals surface area contributed by atoms with Crippen molar-refractivity contribution in [2.75, 3.05) is 7.05 Å². The highest BCUT2D eigenvalue weighted by Gasteiger charge is 2.17. The van der Waals surface area contributed by atoms with Gasteiger partial charge in [-0.05, 0) is 34.4 Å². The Hall–Kier alpha value is -4.71. The zero-order valence-electron chi connectivity index (χ0n) is 21.4. The number of carbonyl (C=O) groups excluding carboxylic acids is 2. The number of hydrogen-bond acceptors (Lipinski definition) is 3. The van der Waals surface area contributed by atoms with Crippen LogP contribution in [-0.4, -0.2) is 33.3 Å². The number of fused-ring (bicyclic) bond motifs is 1. The van der Waals surface area contributed by atoms with Crippen molar-refractivity contribution in [1.29, 1.82) is 0 Å². The molecule has 0 aliphatic rings. The van der Waals surface area contributed by atoms with Crippen LogP contribution >= 0.6 is 0 Å². The molecular formula is C32H30N4O2. The fourth-order valence-electron chi connectivity index (χ4n) is 4.51. The lowest BCUT2D eigenvalue weighted by molar-refractivity contribution is -0.131. The summed E-state index contributed by atoms with van der Waals surface area (Å²) in [4.78, 5) is 32.3. The van der Waals surface area contributed by atoms with Crippen molar-refractivity contribution in [3.63, 3.8) is 0 Å². The molecule has 0 saturated carbocycles. The van der Waals surface area contributed by atoms with Crippen LogP contribution in [0, 0.1) is 0 Å². The van der Waals surface area contributed by atoms with Gasteiger partial charge in [-0.15, -0.1) is 0 Å². The van der Waals surface area contributed by atoms with Crippen LogP contribution in [0.1, 0.15) is 17.0 Å². The molecule has 0 bridgehead atoms. The van der Waals surface area contributed by atoms with Gasteiger partial charge in [-0.3, -0.25) is 9.59 Å². The van der Waals surface area contributed by atoms with Crippen LogP contribution in [0.15, 0.2) is 109 Å². The second kappa shape index (κ2) is 11.6. The van der Waals surface area contributed by atoms with Crippen LogP contribution in [0.3, 0.4) is 0 Å². The fraction of sp³-hybridized carbons (Fsp3) is 0.156. The zero-order valence-corrected chi connectivity index (χ0v) is 21.4. The first-order valence-electron chi connectivity index (χ1n) is 12.7. The summed E-state index contributed by atoms with van der Waals surface area (Å²) in [6.45, 7) is 0.919. The lowest BCUT2D eigenvalue weighted by atomic mass is 10.0. The molecule has 4 aromatic carbocycles. The molecule has 0 radical (unpaired) electrons. The Labute approximate surface area is 222 Å². The van der Waals surface area contributed by atoms with Crippen molar-refractivity contribution in [1.82, 2.24) is 19.8 Å². The van der Waals surface area contributed by atoms with E-state index in [9.17, 15) is 9.59 Å². The van der Waals surface area contributed by atoms with Gasteiger partial charge in [0, 0.05) is 13.6 Å². The van der Waals surface area contributed by atoms with Gasteiger partial charge < -0.3 is 14.8 Å². The van der Waals surface area contributed by atoms with Gasteiger partial charge in [-0.1, -0.05) is 97.1 Å². The molecule has 0 aliphatic carbocycles. The molecule has 2 amide bonds. The molecule has 0 aliphatic heterocycles. The molecule has 1 aromatic heterocycles. The minimum Gasteiger partial charge on any atom is -0.349 e. The van der Waals surface area contributed by atoms with Gasteiger partial charge in [-0.25, -0.2) is 4.98 Å². The second-order valence-corrected chi connectivity index (χ2v) is 9.35. The van der Waals surface area contributed by atoms with Crippen molar-refractivity contribution in [3.05, 3.63) is 126 Å². The number of amides is 2. The number of hydrogen-bond donors (Lipinski definition) is 1. The summed E-state index contributed by atoms with van der Waals surface area (Å²) in [6.07, 6.45) is 0.272. The van der Waals surface area contributed by atoms with E-state index in [2.05, 4.69) is 17.4 Å². The van der Waals surface area contributed by atoms with Gasteiger partial charge in [0.2, 0.25) is 11.8 Å². The highest BCUT2D eigenvalue weighted by molar-refractivity contribution is 5.82. The maximum absolute atomic E-state index is 13.1. The lowest BCUT2D eigenvalue weighted by Gasteiger charge is -2.19. The van der Waals surface area contributed by atoms with Crippen molar-refractivity contribution < 1.29 is 9.59 Å². The van der Waals surface area contributed by atoms with E-state index in [-0.39, 0.29) is 31.3 Å². The fourth-order valence-corrected chi connectivity index (χ4v) is 4.51. The first kappa shape index (κ1) is 25.0. The maximum Gasteiger partial charge on any atom is 0.242 e. The van der Waals surface area contributed by atoms with Crippen LogP contribution in [0.25, 0.3) is 22.2 Å². The van der Waals surface area contributed by atoms with E-state index in [0.717, 1.165) is 33.3 Å². The van der Waals surface area contributed by atoms with Gasteiger partial charge in [0.25, 0.3) is 0 Å². The molecule has 6 heteroatoms. The van der Waals surface area contributed by atoms with E-state index in [1.807, 2.05) is 102 Å². The number of aromatic nitrogens is 2. The number of para-hydroxylation sites is 2. The Kier molecular flexibility index (Phi) is 7.59. The van der Waals surface area contributed by atoms with E-state index in [0.29, 0.717) is 12.4 Å². The van der Waals surface area contributed by atoms with Gasteiger partial charge >= 0.3 is 0 Å². The predicted octanol–water partition coefficient (Wildman–Crippen LogP) is 5.22. The van der Waals surface area contributed by atoms with Gasteiger partial charge in [0.05, 0.1) is 24.0 Å². The number of likely N-dealkylation sites (N-methyl/N-ethyl adjacent to an activating group) is 1. The van der Waals surface area contributed by atoms with Crippen LogP contribution in [0.4, 0.5) is 0 Å². The summed E-state index contributed by atoms with van der Waals surface area (Å²) in [5.74, 6) is 0.534. The normalized spacial score (nSPS) is 10.9. The minimum absolute atomic E-state index is 0.0249. The third-order valence-corrected chi connectivity index (χ3v) is 6.58. The molecule has 1 heterocycles. The molecule has 0 atom stereocenters. The van der Waals surface area contributed by atoms with Gasteiger partial charge in [-0.2, -0.15) is 0 Å². The standard InChI is InChI=1S/C32H30N4O2/c1-35(22-25-10-4-2-5-11-25)32(38)23-36-29-15-9-8-14-28(29)34-30(36)21-33-31(37)20-24-16-18-27(19-17-24)26-12-6-3-7-13-26/h2-19H,20-23H2,1H3,(H,33,37). The first-order chi connectivity index (χ1) is 18.6. The summed E-state index contributed by atoms with van der Waals surface area (Å²) in [7, 11) is 1.80. The molecule has 190 valence electrons. The summed E-state index contributed by atoms with van der Waals surface area (Å²) in [5, 5.41) is 2.99. The highest BCUT2D eigenvalue weighted by Crippen LogP contribution is 2.20. The number of benzene rings is 4. The molecule has 38 heavy (non-hydrogen) atoms. The average Bonchev–Trinajstić information content (AvgIpc) is 3.30. The van der Waals surface area contributed by atoms with Crippen LogP contribution in [0.5, 0.6) is 0 Å². The van der Waals surface area contributed by atoms with Crippen LogP contribution in [0.2, 0.25) is 0 Å². The molecule has 0 fully saturated rings. The molecular weight excluding hydrogens is 472 g/mol. The number of imidazole rings is 1. The highest BCUT2D eigenvalue weighted by atomic mass is 16.2. The Balaban J connectivity index is 1.24. The van der Waals surface area contributed by atoms with E-state index >= 15 is 0 Å². The van der Waals surface area contributed by atoms with Gasteiger partial charge in [0.15, 0.2) is 0 Å². The second-order valence-electron chi connectivity index (χ2n) is 9.35. The van der Waals surface area contributed by atoms with E-state index in [1.54, 1.807) is 11.9 Å². The van der Waals surface area contributed by atoms with E-state index in [1.165, 1.54) is 0 Å². The number of nitrogens with zero attached hydrogens (tertiary/aromatic N) is 3. The van der Waals surface area contributed by atoms with Crippen molar-refractivity contribution in [2.24, 2.45) is 0 Å². The molecule has 5 rings (SSSR count). The summed E-state index contributed by atoms with van der Waals surface area (Å²) in [5.41, 5.74) is 5.94. The van der Waals surface area contributed by atoms with Crippen molar-refractivity contribution >= 4 is 22.8 Å². The monoisotopic (exact) mass is 502 g/mol. The Morgan fingerprint density at radius 2 is 1.39 bits per heavy atom. The van der Waals surface area contributed by atoms with Crippen LogP contribution in [-0.2, 0) is 35.6 Å². The first-order valence-corrected chi connectivity index (χ1v) is 12.7. The SMILES string of the molecule is CN(Cc1ccccc1)C(=O)Cn1c(CNC(=O)Cc2ccc(-c3ccccc3)cc2)nc2ccccc21. The van der Waals surface area contributed by atoms with Crippen molar-refractivity contribution in [3.8, 4) is 11.1 Å². The Morgan fingerprint density at radius 3 is 2.13 bits per heavy atom. The summed E-state index contributed by atoms with van der Waals surface area (Å²) >= 11 is 0. The average molecular weight is 503 g/mol. The molecule has 6 nitrogen and oxygen atoms in total. The molecule has 5 aromatic rings. The molecule has 0 unspecified atom stereocenters. The molecule has 1 N–H and O–H groups in total. The number of nitrogens with one attached hydrogen (secondary N) is 1. The maximum atomic E-state index is 13.1. The topological polar surface area (TPSA) is 67.2 Å². The third-order valence-electron chi connectivity index (χ3n) is 6.58. The molecule has 0 saturated heterocycles. The predicted molar refractivity (Wildman–Crippen MR) is 150 cm³/mol. The van der Waals surface area contributed by atoms with Crippen LogP contribution < -0.4 is 5.32 Å². The lowest BCUT2D eigenvalue weighted by Crippen LogP contribution is -2.31.